The molecule has 0 spiro atoms. The van der Waals surface area contributed by atoms with E-state index in [2.05, 4.69) is 15.1 Å². The molecule has 0 radical (unpaired) electrons. The van der Waals surface area contributed by atoms with E-state index in [1.54, 1.807) is 0 Å². The molecule has 80 valence electrons. The van der Waals surface area contributed by atoms with Gasteiger partial charge < -0.3 is 0 Å². The maximum Gasteiger partial charge on any atom is 0.280 e. The molecule has 0 amide bonds. The predicted molar refractivity (Wildman–Crippen MR) is 50.1 cm³/mol. The van der Waals surface area contributed by atoms with E-state index in [4.69, 9.17) is 11.6 Å². The number of aromatic nitrogens is 4. The van der Waals surface area contributed by atoms with E-state index in [1.807, 2.05) is 6.92 Å². The van der Waals surface area contributed by atoms with Gasteiger partial charge in [0.25, 0.3) is 12.2 Å². The third-order valence-electron chi connectivity index (χ3n) is 1.87. The van der Waals surface area contributed by atoms with Crippen LogP contribution in [0.4, 0.5) is 8.78 Å². The summed E-state index contributed by atoms with van der Waals surface area (Å²) >= 11 is 5.76. The van der Waals surface area contributed by atoms with E-state index in [0.717, 1.165) is 6.07 Å². The van der Waals surface area contributed by atoms with Crippen LogP contribution in [0.2, 0.25) is 5.15 Å². The summed E-state index contributed by atoms with van der Waals surface area (Å²) in [5, 5.41) is 4.08. The maximum absolute atomic E-state index is 12.4. The fourth-order valence-electron chi connectivity index (χ4n) is 1.15. The van der Waals surface area contributed by atoms with Crippen LogP contribution in [0.15, 0.2) is 6.07 Å². The van der Waals surface area contributed by atoms with Gasteiger partial charge in [0.05, 0.1) is 0 Å². The first-order valence-corrected chi connectivity index (χ1v) is 4.70. The largest absolute Gasteiger partial charge is 0.280 e. The van der Waals surface area contributed by atoms with E-state index >= 15 is 0 Å². The molecule has 0 aliphatic carbocycles. The van der Waals surface area contributed by atoms with E-state index < -0.39 is 6.43 Å². The van der Waals surface area contributed by atoms with Crippen molar-refractivity contribution in [1.82, 2.24) is 19.6 Å². The first kappa shape index (κ1) is 10.2. The van der Waals surface area contributed by atoms with Crippen LogP contribution in [0.1, 0.15) is 24.9 Å². The van der Waals surface area contributed by atoms with Gasteiger partial charge in [-0.2, -0.15) is 9.50 Å². The quantitative estimate of drug-likeness (QED) is 0.746. The molecule has 0 bridgehead atoms. The molecule has 0 aliphatic heterocycles. The van der Waals surface area contributed by atoms with Crippen LogP contribution < -0.4 is 0 Å². The second-order valence-electron chi connectivity index (χ2n) is 2.90. The Kier molecular flexibility index (Phi) is 2.52. The highest BCUT2D eigenvalue weighted by atomic mass is 35.5. The number of halogens is 3. The first-order valence-electron chi connectivity index (χ1n) is 4.32. The molecule has 2 aromatic rings. The van der Waals surface area contributed by atoms with E-state index in [1.165, 1.54) is 4.52 Å². The van der Waals surface area contributed by atoms with Crippen LogP contribution in [0.5, 0.6) is 0 Å². The molecule has 0 aromatic carbocycles. The van der Waals surface area contributed by atoms with Gasteiger partial charge in [-0.25, -0.2) is 13.8 Å². The average molecular weight is 233 g/mol. The van der Waals surface area contributed by atoms with Gasteiger partial charge in [-0.3, -0.25) is 0 Å². The minimum absolute atomic E-state index is 0.0856. The van der Waals surface area contributed by atoms with Crippen molar-refractivity contribution in [1.29, 1.82) is 0 Å². The normalized spacial score (nSPS) is 11.5. The zero-order valence-corrected chi connectivity index (χ0v) is 8.54. The lowest BCUT2D eigenvalue weighted by Crippen LogP contribution is -1.98. The first-order chi connectivity index (χ1) is 7.11. The molecule has 15 heavy (non-hydrogen) atoms. The standard InChI is InChI=1S/C8H7ClF2N4/c1-2-6-13-8-12-4(7(10)11)3-5(9)15(8)14-6/h3,7H,2H2,1H3. The number of nitrogens with zero attached hydrogens (tertiary/aromatic N) is 4. The number of fused-ring (bicyclic) bond motifs is 1. The van der Waals surface area contributed by atoms with Crippen LogP contribution in [0, 0.1) is 0 Å². The number of hydrogen-bond acceptors (Lipinski definition) is 3. The van der Waals surface area contributed by atoms with Gasteiger partial charge in [0, 0.05) is 12.5 Å². The fraction of sp³-hybridized carbons (Fsp3) is 0.375. The molecule has 2 heterocycles. The van der Waals surface area contributed by atoms with Gasteiger partial charge >= 0.3 is 0 Å². The molecule has 0 saturated heterocycles. The molecular weight excluding hydrogens is 226 g/mol. The molecule has 0 unspecified atom stereocenters. The Labute approximate surface area is 88.9 Å². The van der Waals surface area contributed by atoms with Crippen molar-refractivity contribution in [3.05, 3.63) is 22.7 Å². The van der Waals surface area contributed by atoms with Gasteiger partial charge in [0.15, 0.2) is 5.82 Å². The minimum Gasteiger partial charge on any atom is -0.210 e. The molecule has 0 aliphatic rings. The summed E-state index contributed by atoms with van der Waals surface area (Å²) in [6, 6.07) is 1.09. The summed E-state index contributed by atoms with van der Waals surface area (Å²) in [5.41, 5.74) is -0.387. The van der Waals surface area contributed by atoms with Gasteiger partial charge in [-0.1, -0.05) is 18.5 Å². The van der Waals surface area contributed by atoms with Crippen LogP contribution in [-0.2, 0) is 6.42 Å². The lowest BCUT2D eigenvalue weighted by atomic mass is 10.4. The Balaban J connectivity index is 2.65. The molecule has 0 fully saturated rings. The molecule has 2 rings (SSSR count). The third-order valence-corrected chi connectivity index (χ3v) is 2.14. The highest BCUT2D eigenvalue weighted by Crippen LogP contribution is 2.20. The summed E-state index contributed by atoms with van der Waals surface area (Å²) in [6.45, 7) is 1.86. The van der Waals surface area contributed by atoms with E-state index in [9.17, 15) is 8.78 Å². The summed E-state index contributed by atoms with van der Waals surface area (Å²) in [6.07, 6.45) is -2.06. The van der Waals surface area contributed by atoms with Crippen molar-refractivity contribution in [3.63, 3.8) is 0 Å². The van der Waals surface area contributed by atoms with Crippen LogP contribution >= 0.6 is 11.6 Å². The fourth-order valence-corrected chi connectivity index (χ4v) is 1.38. The summed E-state index contributed by atoms with van der Waals surface area (Å²) in [5.74, 6) is 0.630. The van der Waals surface area contributed by atoms with Crippen LogP contribution in [0.3, 0.4) is 0 Å². The van der Waals surface area contributed by atoms with Gasteiger partial charge in [0.2, 0.25) is 0 Å². The van der Waals surface area contributed by atoms with Crippen molar-refractivity contribution >= 4 is 17.4 Å². The molecule has 2 aromatic heterocycles. The molecule has 0 saturated carbocycles. The Morgan fingerprint density at radius 3 is 2.80 bits per heavy atom. The summed E-state index contributed by atoms with van der Waals surface area (Å²) in [7, 11) is 0. The van der Waals surface area contributed by atoms with Gasteiger partial charge in [-0.05, 0) is 0 Å². The Hall–Kier alpha value is -1.30. The second-order valence-corrected chi connectivity index (χ2v) is 3.29. The number of rotatable bonds is 2. The number of aryl methyl sites for hydroxylation is 1. The number of hydrogen-bond donors (Lipinski definition) is 0. The molecular formula is C8H7ClF2N4. The lowest BCUT2D eigenvalue weighted by Gasteiger charge is -1.99. The van der Waals surface area contributed by atoms with Crippen molar-refractivity contribution in [2.45, 2.75) is 19.8 Å². The van der Waals surface area contributed by atoms with Crippen molar-refractivity contribution in [2.75, 3.05) is 0 Å². The zero-order valence-electron chi connectivity index (χ0n) is 7.78. The lowest BCUT2D eigenvalue weighted by molar-refractivity contribution is 0.146. The van der Waals surface area contributed by atoms with Crippen LogP contribution in [-0.4, -0.2) is 19.6 Å². The smallest absolute Gasteiger partial charge is 0.210 e. The molecule has 4 nitrogen and oxygen atoms in total. The van der Waals surface area contributed by atoms with Crippen molar-refractivity contribution in [2.24, 2.45) is 0 Å². The van der Waals surface area contributed by atoms with Crippen molar-refractivity contribution < 1.29 is 8.78 Å². The topological polar surface area (TPSA) is 43.1 Å². The molecule has 7 heteroatoms. The monoisotopic (exact) mass is 232 g/mol. The molecule has 0 N–H and O–H groups in total. The predicted octanol–water partition coefficient (Wildman–Crippen LogP) is 2.28. The van der Waals surface area contributed by atoms with Crippen molar-refractivity contribution in [3.8, 4) is 0 Å². The Bertz CT molecular complexity index is 497. The molecule has 0 atom stereocenters. The highest BCUT2D eigenvalue weighted by molar-refractivity contribution is 6.29. The van der Waals surface area contributed by atoms with Gasteiger partial charge in [0.1, 0.15) is 10.8 Å². The minimum atomic E-state index is -2.66. The van der Waals surface area contributed by atoms with Crippen LogP contribution in [0.25, 0.3) is 5.78 Å². The summed E-state index contributed by atoms with van der Waals surface area (Å²) in [4.78, 5) is 7.62. The average Bonchev–Trinajstić information content (AvgIpc) is 2.61. The maximum atomic E-state index is 12.4. The second kappa shape index (κ2) is 3.69. The number of alkyl halides is 2. The SMILES string of the molecule is CCc1nc2nc(C(F)F)cc(Cl)n2n1. The van der Waals surface area contributed by atoms with Gasteiger partial charge in [-0.15, -0.1) is 5.10 Å². The Morgan fingerprint density at radius 2 is 2.20 bits per heavy atom. The Morgan fingerprint density at radius 1 is 1.47 bits per heavy atom. The zero-order chi connectivity index (χ0) is 11.0. The summed E-state index contributed by atoms with van der Waals surface area (Å²) < 4.78 is 26.0. The van der Waals surface area contributed by atoms with E-state index in [-0.39, 0.29) is 16.6 Å². The highest BCUT2D eigenvalue weighted by Gasteiger charge is 2.14. The third kappa shape index (κ3) is 1.77. The van der Waals surface area contributed by atoms with E-state index in [0.29, 0.717) is 12.2 Å².